The molecule has 2 aliphatic heterocycles. The summed E-state index contributed by atoms with van der Waals surface area (Å²) in [5.74, 6) is 2.98. The van der Waals surface area contributed by atoms with E-state index in [9.17, 15) is 4.79 Å². The van der Waals surface area contributed by atoms with Gasteiger partial charge in [0.15, 0.2) is 17.3 Å². The van der Waals surface area contributed by atoms with Gasteiger partial charge in [0.2, 0.25) is 18.6 Å². The fraction of sp³-hybridized carbons (Fsp3) is 0.500. The van der Waals surface area contributed by atoms with E-state index in [0.29, 0.717) is 28.9 Å². The molecule has 1 aromatic heterocycles. The molecule has 1 fully saturated rings. The minimum absolute atomic E-state index is 0.0315. The number of nitrogens with zero attached hydrogens (tertiary/aromatic N) is 3. The third-order valence-electron chi connectivity index (χ3n) is 4.99. The molecule has 26 heavy (non-hydrogen) atoms. The number of likely N-dealkylation sites (tertiary alicyclic amines) is 1. The Balaban J connectivity index is 1.33. The number of fused-ring (bicyclic) bond motifs is 1. The molecule has 1 N–H and O–H groups in total. The number of nitrogens with one attached hydrogen (secondary N) is 1. The molecule has 0 bridgehead atoms. The van der Waals surface area contributed by atoms with Crippen molar-refractivity contribution in [3.8, 4) is 11.5 Å². The van der Waals surface area contributed by atoms with Gasteiger partial charge in [0.05, 0.1) is 6.04 Å². The van der Waals surface area contributed by atoms with Crippen molar-refractivity contribution in [2.24, 2.45) is 0 Å². The topological polar surface area (TPSA) is 89.7 Å². The first kappa shape index (κ1) is 16.8. The van der Waals surface area contributed by atoms with Gasteiger partial charge >= 0.3 is 0 Å². The minimum Gasteiger partial charge on any atom is -0.454 e. The maximum Gasteiger partial charge on any atom is 0.241 e. The van der Waals surface area contributed by atoms with E-state index in [1.165, 1.54) is 0 Å². The molecule has 3 heterocycles. The van der Waals surface area contributed by atoms with Gasteiger partial charge in [0, 0.05) is 17.7 Å². The predicted molar refractivity (Wildman–Crippen MR) is 93.2 cm³/mol. The summed E-state index contributed by atoms with van der Waals surface area (Å²) in [7, 11) is 0. The maximum atomic E-state index is 12.6. The third kappa shape index (κ3) is 3.37. The summed E-state index contributed by atoms with van der Waals surface area (Å²) in [4.78, 5) is 19.1. The molecule has 1 unspecified atom stereocenters. The van der Waals surface area contributed by atoms with Crippen molar-refractivity contribution in [2.45, 2.75) is 38.6 Å². The van der Waals surface area contributed by atoms with Crippen molar-refractivity contribution in [3.63, 3.8) is 0 Å². The average molecular weight is 358 g/mol. The van der Waals surface area contributed by atoms with Gasteiger partial charge in [-0.3, -0.25) is 9.69 Å². The lowest BCUT2D eigenvalue weighted by Gasteiger charge is -2.34. The highest BCUT2D eigenvalue weighted by atomic mass is 16.7. The van der Waals surface area contributed by atoms with Crippen LogP contribution in [0.25, 0.3) is 0 Å². The molecule has 2 aromatic rings. The molecule has 1 atom stereocenters. The van der Waals surface area contributed by atoms with Crippen molar-refractivity contribution >= 4 is 11.6 Å². The molecule has 1 saturated heterocycles. The lowest BCUT2D eigenvalue weighted by Crippen LogP contribution is -2.45. The molecule has 0 saturated carbocycles. The van der Waals surface area contributed by atoms with Crippen molar-refractivity contribution in [3.05, 3.63) is 29.9 Å². The maximum absolute atomic E-state index is 12.6. The van der Waals surface area contributed by atoms with Gasteiger partial charge in [-0.05, 0) is 51.9 Å². The van der Waals surface area contributed by atoms with Gasteiger partial charge in [-0.2, -0.15) is 4.98 Å². The van der Waals surface area contributed by atoms with Crippen LogP contribution in [0.1, 0.15) is 37.4 Å². The highest BCUT2D eigenvalue weighted by Crippen LogP contribution is 2.34. The Kier molecular flexibility index (Phi) is 4.50. The quantitative estimate of drug-likeness (QED) is 0.897. The number of amides is 1. The molecule has 0 aliphatic carbocycles. The van der Waals surface area contributed by atoms with Gasteiger partial charge in [0.1, 0.15) is 0 Å². The van der Waals surface area contributed by atoms with E-state index in [4.69, 9.17) is 14.0 Å². The second-order valence-electron chi connectivity index (χ2n) is 6.72. The first-order chi connectivity index (χ1) is 12.6. The molecular weight excluding hydrogens is 336 g/mol. The Morgan fingerprint density at radius 2 is 2.04 bits per heavy atom. The number of carbonyl (C=O) groups is 1. The van der Waals surface area contributed by atoms with Crippen LogP contribution in [0.2, 0.25) is 0 Å². The van der Waals surface area contributed by atoms with Crippen molar-refractivity contribution in [1.29, 1.82) is 0 Å². The Hall–Kier alpha value is -2.61. The second kappa shape index (κ2) is 6.95. The van der Waals surface area contributed by atoms with E-state index < -0.39 is 0 Å². The van der Waals surface area contributed by atoms with E-state index in [-0.39, 0.29) is 24.7 Å². The minimum atomic E-state index is -0.217. The number of aromatic nitrogens is 2. The molecule has 8 heteroatoms. The standard InChI is InChI=1S/C18H22N4O4/c1-11(17(23)20-14-3-4-15-16(9-14)25-10-24-15)22-7-5-13(6-8-22)18-19-12(2)21-26-18/h3-4,9,11,13H,5-8,10H2,1-2H3,(H,20,23). The summed E-state index contributed by atoms with van der Waals surface area (Å²) in [6.07, 6.45) is 1.81. The first-order valence-corrected chi connectivity index (χ1v) is 8.85. The third-order valence-corrected chi connectivity index (χ3v) is 4.99. The summed E-state index contributed by atoms with van der Waals surface area (Å²) in [5.41, 5.74) is 0.710. The van der Waals surface area contributed by atoms with Crippen molar-refractivity contribution in [1.82, 2.24) is 15.0 Å². The van der Waals surface area contributed by atoms with Crippen LogP contribution in [0.4, 0.5) is 5.69 Å². The number of benzene rings is 1. The van der Waals surface area contributed by atoms with Gasteiger partial charge in [-0.15, -0.1) is 0 Å². The Morgan fingerprint density at radius 1 is 1.27 bits per heavy atom. The van der Waals surface area contributed by atoms with Crippen LogP contribution in [0.5, 0.6) is 11.5 Å². The van der Waals surface area contributed by atoms with Crippen LogP contribution in [-0.4, -0.2) is 46.9 Å². The zero-order chi connectivity index (χ0) is 18.1. The number of anilines is 1. The number of piperidine rings is 1. The lowest BCUT2D eigenvalue weighted by molar-refractivity contribution is -0.121. The molecular formula is C18H22N4O4. The van der Waals surface area contributed by atoms with Gasteiger partial charge in [0.25, 0.3) is 0 Å². The van der Waals surface area contributed by atoms with Crippen LogP contribution < -0.4 is 14.8 Å². The Morgan fingerprint density at radius 3 is 2.77 bits per heavy atom. The smallest absolute Gasteiger partial charge is 0.241 e. The molecule has 2 aliphatic rings. The number of hydrogen-bond donors (Lipinski definition) is 1. The molecule has 1 aromatic carbocycles. The zero-order valence-electron chi connectivity index (χ0n) is 14.9. The summed E-state index contributed by atoms with van der Waals surface area (Å²) in [6, 6.07) is 5.20. The summed E-state index contributed by atoms with van der Waals surface area (Å²) in [6.45, 7) is 5.62. The second-order valence-corrected chi connectivity index (χ2v) is 6.72. The van der Waals surface area contributed by atoms with Crippen molar-refractivity contribution < 1.29 is 18.8 Å². The van der Waals surface area contributed by atoms with Gasteiger partial charge in [-0.1, -0.05) is 5.16 Å². The Labute approximate surface area is 151 Å². The fourth-order valence-electron chi connectivity index (χ4n) is 3.40. The molecule has 1 amide bonds. The highest BCUT2D eigenvalue weighted by molar-refractivity contribution is 5.94. The highest BCUT2D eigenvalue weighted by Gasteiger charge is 2.29. The predicted octanol–water partition coefficient (Wildman–Crippen LogP) is 2.31. The number of carbonyl (C=O) groups excluding carboxylic acids is 1. The molecule has 0 radical (unpaired) electrons. The average Bonchev–Trinajstić information content (AvgIpc) is 3.29. The number of aryl methyl sites for hydroxylation is 1. The SMILES string of the molecule is Cc1noc(C2CCN(C(C)C(=O)Nc3ccc4c(c3)OCO4)CC2)n1. The van der Waals surface area contributed by atoms with E-state index in [0.717, 1.165) is 25.9 Å². The Bertz CT molecular complexity index is 798. The number of hydrogen-bond acceptors (Lipinski definition) is 7. The van der Waals surface area contributed by atoms with Crippen LogP contribution in [0.15, 0.2) is 22.7 Å². The normalized spacial score (nSPS) is 18.7. The largest absolute Gasteiger partial charge is 0.454 e. The number of rotatable bonds is 4. The van der Waals surface area contributed by atoms with Crippen LogP contribution in [-0.2, 0) is 4.79 Å². The monoisotopic (exact) mass is 358 g/mol. The summed E-state index contributed by atoms with van der Waals surface area (Å²) in [5, 5.41) is 6.82. The van der Waals surface area contributed by atoms with Crippen LogP contribution in [0, 0.1) is 6.92 Å². The molecule has 0 spiro atoms. The molecule has 4 rings (SSSR count). The van der Waals surface area contributed by atoms with Gasteiger partial charge in [-0.25, -0.2) is 0 Å². The van der Waals surface area contributed by atoms with Crippen LogP contribution in [0.3, 0.4) is 0 Å². The van der Waals surface area contributed by atoms with Crippen LogP contribution >= 0.6 is 0 Å². The van der Waals surface area contributed by atoms with E-state index in [1.807, 2.05) is 19.9 Å². The van der Waals surface area contributed by atoms with Gasteiger partial charge < -0.3 is 19.3 Å². The first-order valence-electron chi connectivity index (χ1n) is 8.85. The lowest BCUT2D eigenvalue weighted by atomic mass is 9.95. The van der Waals surface area contributed by atoms with E-state index in [1.54, 1.807) is 12.1 Å². The zero-order valence-corrected chi connectivity index (χ0v) is 14.9. The van der Waals surface area contributed by atoms with E-state index in [2.05, 4.69) is 20.4 Å². The molecule has 8 nitrogen and oxygen atoms in total. The summed E-state index contributed by atoms with van der Waals surface area (Å²) < 4.78 is 15.9. The summed E-state index contributed by atoms with van der Waals surface area (Å²) >= 11 is 0. The van der Waals surface area contributed by atoms with E-state index >= 15 is 0 Å². The fourth-order valence-corrected chi connectivity index (χ4v) is 3.40. The number of ether oxygens (including phenoxy) is 2. The van der Waals surface area contributed by atoms with Crippen molar-refractivity contribution in [2.75, 3.05) is 25.2 Å². The molecule has 138 valence electrons.